The maximum atomic E-state index is 11.6. The molecule has 1 amide bonds. The molecule has 0 aliphatic rings. The van der Waals surface area contributed by atoms with Crippen molar-refractivity contribution in [3.8, 4) is 0 Å². The first kappa shape index (κ1) is 17.4. The summed E-state index contributed by atoms with van der Waals surface area (Å²) in [6, 6.07) is -1.09. The molecule has 7 nitrogen and oxygen atoms in total. The molecule has 0 heterocycles. The molecular weight excluding hydrogens is 252 g/mol. The highest BCUT2D eigenvalue weighted by Crippen LogP contribution is 2.00. The van der Waals surface area contributed by atoms with Crippen molar-refractivity contribution in [2.75, 3.05) is 13.7 Å². The van der Waals surface area contributed by atoms with E-state index in [0.717, 1.165) is 0 Å². The number of hydrogen-bond donors (Lipinski definition) is 3. The predicted molar refractivity (Wildman–Crippen MR) is 68.6 cm³/mol. The molecule has 0 aliphatic heterocycles. The number of rotatable bonds is 7. The van der Waals surface area contributed by atoms with E-state index in [1.807, 2.05) is 20.8 Å². The van der Waals surface area contributed by atoms with E-state index in [9.17, 15) is 14.4 Å². The summed E-state index contributed by atoms with van der Waals surface area (Å²) in [7, 11) is 1.23. The zero-order valence-electron chi connectivity index (χ0n) is 11.8. The van der Waals surface area contributed by atoms with Gasteiger partial charge in [-0.3, -0.25) is 9.59 Å². The third-order valence-corrected chi connectivity index (χ3v) is 2.28. The molecule has 0 aromatic rings. The number of hydrogen-bond acceptors (Lipinski definition) is 5. The summed E-state index contributed by atoms with van der Waals surface area (Å²) in [5.41, 5.74) is -0.234. The van der Waals surface area contributed by atoms with Crippen molar-refractivity contribution in [3.63, 3.8) is 0 Å². The van der Waals surface area contributed by atoms with E-state index in [0.29, 0.717) is 0 Å². The Morgan fingerprint density at radius 3 is 2.26 bits per heavy atom. The van der Waals surface area contributed by atoms with Crippen molar-refractivity contribution in [3.05, 3.63) is 0 Å². The number of carboxylic acid groups (broad SMARTS) is 1. The Kier molecular flexibility index (Phi) is 7.06. The first-order chi connectivity index (χ1) is 8.65. The second kappa shape index (κ2) is 7.73. The molecule has 110 valence electrons. The summed E-state index contributed by atoms with van der Waals surface area (Å²) in [5.74, 6) is -2.10. The first-order valence-corrected chi connectivity index (χ1v) is 5.99. The van der Waals surface area contributed by atoms with Crippen molar-refractivity contribution in [1.82, 2.24) is 10.6 Å². The third-order valence-electron chi connectivity index (χ3n) is 2.28. The molecule has 0 aliphatic carbocycles. The van der Waals surface area contributed by atoms with Gasteiger partial charge in [0.05, 0.1) is 13.7 Å². The topological polar surface area (TPSA) is 105 Å². The Hall–Kier alpha value is -1.63. The molecular formula is C12H22N2O5. The number of esters is 1. The molecule has 0 fully saturated rings. The third kappa shape index (κ3) is 9.01. The average molecular weight is 274 g/mol. The maximum absolute atomic E-state index is 11.6. The molecule has 0 saturated heterocycles. The summed E-state index contributed by atoms with van der Waals surface area (Å²) in [5, 5.41) is 14.3. The number of methoxy groups -OCH3 is 1. The van der Waals surface area contributed by atoms with Crippen molar-refractivity contribution < 1.29 is 24.2 Å². The standard InChI is InChI=1S/C12H22N2O5/c1-12(2,3)13-7-9(15)14-8(11(17)18)5-6-10(16)19-4/h8,13H,5-7H2,1-4H3,(H,14,15)(H,17,18)/t8-/m1/s1. The van der Waals surface area contributed by atoms with E-state index >= 15 is 0 Å². The van der Waals surface area contributed by atoms with Crippen LogP contribution in [-0.2, 0) is 19.1 Å². The Labute approximate surface area is 112 Å². The van der Waals surface area contributed by atoms with Crippen LogP contribution < -0.4 is 10.6 Å². The minimum atomic E-state index is -1.17. The van der Waals surface area contributed by atoms with Crippen LogP contribution in [0, 0.1) is 0 Å². The Morgan fingerprint density at radius 2 is 1.84 bits per heavy atom. The minimum absolute atomic E-state index is 0.00324. The van der Waals surface area contributed by atoms with Gasteiger partial charge >= 0.3 is 11.9 Å². The number of ether oxygens (including phenoxy) is 1. The van der Waals surface area contributed by atoms with Crippen molar-refractivity contribution in [2.24, 2.45) is 0 Å². The van der Waals surface area contributed by atoms with E-state index < -0.39 is 23.9 Å². The lowest BCUT2D eigenvalue weighted by molar-refractivity contribution is -0.144. The zero-order chi connectivity index (χ0) is 15.1. The molecule has 0 saturated carbocycles. The van der Waals surface area contributed by atoms with Crippen LogP contribution in [0.25, 0.3) is 0 Å². The largest absolute Gasteiger partial charge is 0.480 e. The van der Waals surface area contributed by atoms with E-state index in [4.69, 9.17) is 5.11 Å². The molecule has 0 aromatic heterocycles. The molecule has 0 rings (SSSR count). The highest BCUT2D eigenvalue weighted by Gasteiger charge is 2.21. The number of aliphatic carboxylic acids is 1. The SMILES string of the molecule is COC(=O)CC[C@@H](NC(=O)CNC(C)(C)C)C(=O)O. The smallest absolute Gasteiger partial charge is 0.326 e. The van der Waals surface area contributed by atoms with E-state index in [1.165, 1.54) is 7.11 Å². The van der Waals surface area contributed by atoms with Crippen LogP contribution in [0.15, 0.2) is 0 Å². The average Bonchev–Trinajstić information content (AvgIpc) is 2.30. The fourth-order valence-corrected chi connectivity index (χ4v) is 1.21. The van der Waals surface area contributed by atoms with Gasteiger partial charge in [-0.05, 0) is 27.2 Å². The van der Waals surface area contributed by atoms with Gasteiger partial charge < -0.3 is 20.5 Å². The van der Waals surface area contributed by atoms with E-state index in [2.05, 4.69) is 15.4 Å². The molecule has 3 N–H and O–H groups in total. The van der Waals surface area contributed by atoms with Crippen molar-refractivity contribution in [1.29, 1.82) is 0 Å². The summed E-state index contributed by atoms with van der Waals surface area (Å²) in [6.45, 7) is 5.70. The quantitative estimate of drug-likeness (QED) is 0.560. The van der Waals surface area contributed by atoms with Gasteiger partial charge in [-0.25, -0.2) is 4.79 Å². The first-order valence-electron chi connectivity index (χ1n) is 5.99. The van der Waals surface area contributed by atoms with E-state index in [1.54, 1.807) is 0 Å². The highest BCUT2D eigenvalue weighted by molar-refractivity contribution is 5.85. The number of amides is 1. The minimum Gasteiger partial charge on any atom is -0.480 e. The highest BCUT2D eigenvalue weighted by atomic mass is 16.5. The van der Waals surface area contributed by atoms with Crippen LogP contribution >= 0.6 is 0 Å². The number of carbonyl (C=O) groups excluding carboxylic acids is 2. The number of carboxylic acids is 1. The molecule has 0 aromatic carbocycles. The Morgan fingerprint density at radius 1 is 1.26 bits per heavy atom. The van der Waals surface area contributed by atoms with Gasteiger partial charge in [0.25, 0.3) is 0 Å². The molecule has 0 bridgehead atoms. The van der Waals surface area contributed by atoms with E-state index in [-0.39, 0.29) is 24.9 Å². The summed E-state index contributed by atoms with van der Waals surface area (Å²) in [4.78, 5) is 33.5. The van der Waals surface area contributed by atoms with Gasteiger partial charge in [-0.15, -0.1) is 0 Å². The molecule has 0 radical (unpaired) electrons. The summed E-state index contributed by atoms with van der Waals surface area (Å²) >= 11 is 0. The van der Waals surface area contributed by atoms with Crippen LogP contribution in [0.3, 0.4) is 0 Å². The Balaban J connectivity index is 4.23. The monoisotopic (exact) mass is 274 g/mol. The second-order valence-corrected chi connectivity index (χ2v) is 5.18. The van der Waals surface area contributed by atoms with Crippen molar-refractivity contribution in [2.45, 2.75) is 45.2 Å². The van der Waals surface area contributed by atoms with Gasteiger partial charge in [0.1, 0.15) is 6.04 Å². The zero-order valence-corrected chi connectivity index (χ0v) is 11.8. The predicted octanol–water partition coefficient (Wildman–Crippen LogP) is -0.103. The Bertz CT molecular complexity index is 336. The molecule has 0 unspecified atom stereocenters. The van der Waals surface area contributed by atoms with Crippen LogP contribution in [0.2, 0.25) is 0 Å². The van der Waals surface area contributed by atoms with Crippen molar-refractivity contribution >= 4 is 17.8 Å². The molecule has 1 atom stereocenters. The fraction of sp³-hybridized carbons (Fsp3) is 0.750. The van der Waals surface area contributed by atoms with Gasteiger partial charge in [-0.2, -0.15) is 0 Å². The summed E-state index contributed by atoms with van der Waals surface area (Å²) < 4.78 is 4.42. The lowest BCUT2D eigenvalue weighted by Gasteiger charge is -2.21. The van der Waals surface area contributed by atoms with Gasteiger partial charge in [0.15, 0.2) is 0 Å². The van der Waals surface area contributed by atoms with Crippen LogP contribution in [0.4, 0.5) is 0 Å². The molecule has 7 heteroatoms. The normalized spacial score (nSPS) is 12.6. The lowest BCUT2D eigenvalue weighted by atomic mass is 10.1. The maximum Gasteiger partial charge on any atom is 0.326 e. The lowest BCUT2D eigenvalue weighted by Crippen LogP contribution is -2.48. The second-order valence-electron chi connectivity index (χ2n) is 5.18. The van der Waals surface area contributed by atoms with Crippen LogP contribution in [-0.4, -0.2) is 48.2 Å². The summed E-state index contributed by atoms with van der Waals surface area (Å²) in [6.07, 6.45) is -0.0519. The number of nitrogens with one attached hydrogen (secondary N) is 2. The fourth-order valence-electron chi connectivity index (χ4n) is 1.21. The number of carbonyl (C=O) groups is 3. The van der Waals surface area contributed by atoms with Gasteiger partial charge in [-0.1, -0.05) is 0 Å². The van der Waals surface area contributed by atoms with Crippen LogP contribution in [0.5, 0.6) is 0 Å². The van der Waals surface area contributed by atoms with Gasteiger partial charge in [0, 0.05) is 12.0 Å². The molecule has 0 spiro atoms. The van der Waals surface area contributed by atoms with Gasteiger partial charge in [0.2, 0.25) is 5.91 Å². The van der Waals surface area contributed by atoms with Crippen LogP contribution in [0.1, 0.15) is 33.6 Å². The molecule has 19 heavy (non-hydrogen) atoms.